The summed E-state index contributed by atoms with van der Waals surface area (Å²) in [6.07, 6.45) is 1.11. The molecule has 1 heterocycles. The van der Waals surface area contributed by atoms with E-state index >= 15 is 0 Å². The number of aryl methyl sites for hydroxylation is 1. The Morgan fingerprint density at radius 1 is 1.35 bits per heavy atom. The molecule has 23 heavy (non-hydrogen) atoms. The van der Waals surface area contributed by atoms with Crippen LogP contribution in [0.25, 0.3) is 0 Å². The van der Waals surface area contributed by atoms with E-state index in [-0.39, 0.29) is 18.3 Å². The van der Waals surface area contributed by atoms with Gasteiger partial charge in [-0.25, -0.2) is 4.98 Å². The van der Waals surface area contributed by atoms with Crippen molar-refractivity contribution in [2.75, 3.05) is 12.0 Å². The van der Waals surface area contributed by atoms with Crippen molar-refractivity contribution in [3.8, 4) is 5.88 Å². The summed E-state index contributed by atoms with van der Waals surface area (Å²) < 4.78 is 5.10. The van der Waals surface area contributed by atoms with Gasteiger partial charge in [0.05, 0.1) is 11.5 Å². The average Bonchev–Trinajstić information content (AvgIpc) is 2.53. The number of hydrogen-bond donors (Lipinski definition) is 2. The van der Waals surface area contributed by atoms with Crippen molar-refractivity contribution in [2.45, 2.75) is 13.8 Å². The molecule has 9 heteroatoms. The van der Waals surface area contributed by atoms with Gasteiger partial charge in [0.15, 0.2) is 0 Å². The summed E-state index contributed by atoms with van der Waals surface area (Å²) in [5, 5.41) is 11.2. The summed E-state index contributed by atoms with van der Waals surface area (Å²) in [5.74, 6) is -0.760. The van der Waals surface area contributed by atoms with Crippen LogP contribution in [-0.4, -0.2) is 27.4 Å². The van der Waals surface area contributed by atoms with Crippen molar-refractivity contribution in [3.05, 3.63) is 51.8 Å². The number of hydrazine groups is 1. The standard InChI is InChI=1S/C14H15N5O4/c1-3-23-14-11(19(21)22)12(15-8-16-14)17-18-13(20)10-7-5-4-6-9(10)2/h4-8H,3H2,1-2H3,(H,18,20)(H,15,16,17). The lowest BCUT2D eigenvalue weighted by Crippen LogP contribution is -2.30. The Hall–Kier alpha value is -3.23. The van der Waals surface area contributed by atoms with Crippen LogP contribution in [0.4, 0.5) is 11.5 Å². The third-order valence-corrected chi connectivity index (χ3v) is 2.94. The van der Waals surface area contributed by atoms with E-state index in [4.69, 9.17) is 4.74 Å². The minimum absolute atomic E-state index is 0.157. The lowest BCUT2D eigenvalue weighted by Gasteiger charge is -2.10. The Labute approximate surface area is 131 Å². The second-order valence-electron chi connectivity index (χ2n) is 4.46. The van der Waals surface area contributed by atoms with Gasteiger partial charge in [-0.05, 0) is 25.5 Å². The molecule has 2 rings (SSSR count). The number of benzene rings is 1. The van der Waals surface area contributed by atoms with Crippen molar-refractivity contribution in [1.82, 2.24) is 15.4 Å². The van der Waals surface area contributed by atoms with E-state index in [9.17, 15) is 14.9 Å². The highest BCUT2D eigenvalue weighted by atomic mass is 16.6. The zero-order valence-electron chi connectivity index (χ0n) is 12.6. The van der Waals surface area contributed by atoms with Crippen LogP contribution in [0.5, 0.6) is 5.88 Å². The SMILES string of the molecule is CCOc1ncnc(NNC(=O)c2ccccc2C)c1[N+](=O)[O-]. The Bertz CT molecular complexity index is 735. The number of carbonyl (C=O) groups excluding carboxylic acids is 1. The quantitative estimate of drug-likeness (QED) is 0.616. The lowest BCUT2D eigenvalue weighted by molar-refractivity contribution is -0.385. The third-order valence-electron chi connectivity index (χ3n) is 2.94. The van der Waals surface area contributed by atoms with Crippen LogP contribution in [0.15, 0.2) is 30.6 Å². The molecule has 0 fully saturated rings. The average molecular weight is 317 g/mol. The van der Waals surface area contributed by atoms with E-state index in [1.54, 1.807) is 32.0 Å². The van der Waals surface area contributed by atoms with Gasteiger partial charge in [0.25, 0.3) is 11.8 Å². The number of hydrogen-bond acceptors (Lipinski definition) is 7. The first-order chi connectivity index (χ1) is 11.0. The summed E-state index contributed by atoms with van der Waals surface area (Å²) in [5.41, 5.74) is 5.61. The van der Waals surface area contributed by atoms with Crippen LogP contribution in [0, 0.1) is 17.0 Å². The zero-order chi connectivity index (χ0) is 16.8. The Balaban J connectivity index is 2.20. The zero-order valence-corrected chi connectivity index (χ0v) is 12.6. The van der Waals surface area contributed by atoms with Crippen LogP contribution in [0.2, 0.25) is 0 Å². The number of ether oxygens (including phenoxy) is 1. The van der Waals surface area contributed by atoms with Crippen molar-refractivity contribution >= 4 is 17.4 Å². The highest BCUT2D eigenvalue weighted by Crippen LogP contribution is 2.30. The molecule has 0 aliphatic carbocycles. The number of rotatable bonds is 6. The fourth-order valence-corrected chi connectivity index (χ4v) is 1.87. The molecule has 0 aliphatic heterocycles. The highest BCUT2D eigenvalue weighted by molar-refractivity contribution is 5.96. The van der Waals surface area contributed by atoms with Crippen molar-refractivity contribution in [1.29, 1.82) is 0 Å². The Morgan fingerprint density at radius 2 is 2.09 bits per heavy atom. The summed E-state index contributed by atoms with van der Waals surface area (Å²) in [4.78, 5) is 30.1. The monoisotopic (exact) mass is 317 g/mol. The molecule has 0 unspecified atom stereocenters. The Morgan fingerprint density at radius 3 is 2.74 bits per heavy atom. The third kappa shape index (κ3) is 3.70. The molecule has 1 aromatic carbocycles. The molecule has 120 valence electrons. The molecule has 9 nitrogen and oxygen atoms in total. The topological polar surface area (TPSA) is 119 Å². The van der Waals surface area contributed by atoms with Gasteiger partial charge in [-0.1, -0.05) is 18.2 Å². The molecule has 0 saturated heterocycles. The van der Waals surface area contributed by atoms with Crippen molar-refractivity contribution in [3.63, 3.8) is 0 Å². The maximum absolute atomic E-state index is 12.1. The van der Waals surface area contributed by atoms with Gasteiger partial charge in [0, 0.05) is 5.56 Å². The predicted molar refractivity (Wildman–Crippen MR) is 82.1 cm³/mol. The predicted octanol–water partition coefficient (Wildman–Crippen LogP) is 1.85. The molecule has 0 saturated carbocycles. The van der Waals surface area contributed by atoms with Crippen molar-refractivity contribution < 1.29 is 14.5 Å². The van der Waals surface area contributed by atoms with Gasteiger partial charge in [0.2, 0.25) is 5.82 Å². The Kier molecular flexibility index (Phi) is 5.03. The van der Waals surface area contributed by atoms with Crippen molar-refractivity contribution in [2.24, 2.45) is 0 Å². The van der Waals surface area contributed by atoms with Crippen LogP contribution >= 0.6 is 0 Å². The molecule has 1 aromatic heterocycles. The fourth-order valence-electron chi connectivity index (χ4n) is 1.87. The van der Waals surface area contributed by atoms with E-state index in [2.05, 4.69) is 20.8 Å². The smallest absolute Gasteiger partial charge is 0.374 e. The number of nitro groups is 1. The number of nitrogens with one attached hydrogen (secondary N) is 2. The lowest BCUT2D eigenvalue weighted by atomic mass is 10.1. The maximum atomic E-state index is 12.1. The minimum atomic E-state index is -0.673. The highest BCUT2D eigenvalue weighted by Gasteiger charge is 2.24. The molecular formula is C14H15N5O4. The molecule has 0 aliphatic rings. The summed E-state index contributed by atoms with van der Waals surface area (Å²) in [6.45, 7) is 3.68. The molecule has 0 radical (unpaired) electrons. The van der Waals surface area contributed by atoms with Crippen LogP contribution in [-0.2, 0) is 0 Å². The summed E-state index contributed by atoms with van der Waals surface area (Å²) in [7, 11) is 0. The second-order valence-corrected chi connectivity index (χ2v) is 4.46. The van der Waals surface area contributed by atoms with Crippen LogP contribution < -0.4 is 15.6 Å². The van der Waals surface area contributed by atoms with E-state index < -0.39 is 16.5 Å². The van der Waals surface area contributed by atoms with Gasteiger partial charge in [-0.2, -0.15) is 4.98 Å². The molecule has 0 bridgehead atoms. The van der Waals surface area contributed by atoms with E-state index in [1.807, 2.05) is 6.07 Å². The van der Waals surface area contributed by atoms with Gasteiger partial charge in [-0.3, -0.25) is 25.8 Å². The normalized spacial score (nSPS) is 10.0. The number of anilines is 1. The van der Waals surface area contributed by atoms with E-state index in [1.165, 1.54) is 0 Å². The largest absolute Gasteiger partial charge is 0.473 e. The van der Waals surface area contributed by atoms with E-state index in [0.29, 0.717) is 5.56 Å². The first-order valence-electron chi connectivity index (χ1n) is 6.78. The molecular weight excluding hydrogens is 302 g/mol. The van der Waals surface area contributed by atoms with Gasteiger partial charge in [-0.15, -0.1) is 0 Å². The number of carbonyl (C=O) groups is 1. The molecule has 0 atom stereocenters. The minimum Gasteiger partial charge on any atom is -0.473 e. The van der Waals surface area contributed by atoms with Crippen LogP contribution in [0.1, 0.15) is 22.8 Å². The molecule has 2 aromatic rings. The van der Waals surface area contributed by atoms with Gasteiger partial charge < -0.3 is 4.74 Å². The van der Waals surface area contributed by atoms with Gasteiger partial charge in [0.1, 0.15) is 6.33 Å². The first-order valence-corrected chi connectivity index (χ1v) is 6.78. The maximum Gasteiger partial charge on any atom is 0.374 e. The number of amides is 1. The fraction of sp³-hybridized carbons (Fsp3) is 0.214. The molecule has 2 N–H and O–H groups in total. The summed E-state index contributed by atoms with van der Waals surface area (Å²) >= 11 is 0. The van der Waals surface area contributed by atoms with Gasteiger partial charge >= 0.3 is 5.69 Å². The number of aromatic nitrogens is 2. The number of nitrogens with zero attached hydrogens (tertiary/aromatic N) is 3. The van der Waals surface area contributed by atoms with E-state index in [0.717, 1.165) is 11.9 Å². The second kappa shape index (κ2) is 7.16. The molecule has 0 spiro atoms. The molecule has 1 amide bonds. The summed E-state index contributed by atoms with van der Waals surface area (Å²) in [6, 6.07) is 6.97. The van der Waals surface area contributed by atoms with Crippen LogP contribution in [0.3, 0.4) is 0 Å². The first kappa shape index (κ1) is 16.1.